The Bertz CT molecular complexity index is 574. The lowest BCUT2D eigenvalue weighted by Gasteiger charge is -2.08. The van der Waals surface area contributed by atoms with Gasteiger partial charge in [0.2, 0.25) is 5.95 Å². The predicted octanol–water partition coefficient (Wildman–Crippen LogP) is 2.68. The van der Waals surface area contributed by atoms with Crippen molar-refractivity contribution in [2.75, 3.05) is 17.7 Å². The van der Waals surface area contributed by atoms with Crippen LogP contribution in [-0.2, 0) is 0 Å². The molecule has 94 valence electrons. The molecule has 18 heavy (non-hydrogen) atoms. The number of hydrogen-bond donors (Lipinski definition) is 2. The maximum atomic E-state index is 13.4. The molecule has 1 heterocycles. The minimum Gasteiger partial charge on any atom is -0.357 e. The highest BCUT2D eigenvalue weighted by Gasteiger charge is 2.10. The van der Waals surface area contributed by atoms with Gasteiger partial charge in [0, 0.05) is 13.1 Å². The Kier molecular flexibility index (Phi) is 3.31. The maximum absolute atomic E-state index is 13.4. The third kappa shape index (κ3) is 2.50. The Labute approximate surface area is 101 Å². The summed E-state index contributed by atoms with van der Waals surface area (Å²) >= 11 is 0. The van der Waals surface area contributed by atoms with Crippen molar-refractivity contribution in [2.45, 2.75) is 0 Å². The van der Waals surface area contributed by atoms with Crippen molar-refractivity contribution < 1.29 is 13.2 Å². The number of benzene rings is 1. The molecule has 0 amide bonds. The maximum Gasteiger partial charge on any atom is 0.224 e. The van der Waals surface area contributed by atoms with Crippen LogP contribution >= 0.6 is 0 Å². The third-order valence-electron chi connectivity index (χ3n) is 2.15. The fourth-order valence-corrected chi connectivity index (χ4v) is 1.29. The topological polar surface area (TPSA) is 49.8 Å². The van der Waals surface area contributed by atoms with Gasteiger partial charge in [0.05, 0.1) is 11.9 Å². The zero-order valence-corrected chi connectivity index (χ0v) is 9.34. The van der Waals surface area contributed by atoms with E-state index in [0.29, 0.717) is 6.07 Å². The Balaban J connectivity index is 2.33. The van der Waals surface area contributed by atoms with Crippen molar-refractivity contribution in [3.05, 3.63) is 41.8 Å². The van der Waals surface area contributed by atoms with Crippen LogP contribution in [0.15, 0.2) is 24.4 Å². The molecule has 0 aliphatic carbocycles. The fraction of sp³-hybridized carbons (Fsp3) is 0.0909. The SMILES string of the molecule is CNc1ncc(F)c(Nc2ccc(F)cc2F)n1. The lowest BCUT2D eigenvalue weighted by Crippen LogP contribution is -2.04. The number of nitrogens with zero attached hydrogens (tertiary/aromatic N) is 2. The summed E-state index contributed by atoms with van der Waals surface area (Å²) in [6.07, 6.45) is 0.947. The Hall–Kier alpha value is -2.31. The fourth-order valence-electron chi connectivity index (χ4n) is 1.29. The number of rotatable bonds is 3. The summed E-state index contributed by atoms with van der Waals surface area (Å²) in [5.74, 6) is -2.30. The van der Waals surface area contributed by atoms with Gasteiger partial charge < -0.3 is 10.6 Å². The highest BCUT2D eigenvalue weighted by Crippen LogP contribution is 2.21. The summed E-state index contributed by atoms with van der Waals surface area (Å²) in [5, 5.41) is 5.06. The summed E-state index contributed by atoms with van der Waals surface area (Å²) in [6, 6.07) is 2.91. The molecule has 4 nitrogen and oxygen atoms in total. The molecule has 0 unspecified atom stereocenters. The van der Waals surface area contributed by atoms with Gasteiger partial charge in [0.15, 0.2) is 11.6 Å². The number of halogens is 3. The van der Waals surface area contributed by atoms with Crippen molar-refractivity contribution in [2.24, 2.45) is 0 Å². The van der Waals surface area contributed by atoms with E-state index in [1.54, 1.807) is 7.05 Å². The van der Waals surface area contributed by atoms with Crippen molar-refractivity contribution in [3.8, 4) is 0 Å². The zero-order valence-electron chi connectivity index (χ0n) is 9.34. The standard InChI is InChI=1S/C11H9F3N4/c1-15-11-16-5-8(14)10(18-11)17-9-3-2-6(12)4-7(9)13/h2-5H,1H3,(H2,15,16,17,18). The van der Waals surface area contributed by atoms with Crippen molar-refractivity contribution in [1.29, 1.82) is 0 Å². The molecule has 0 spiro atoms. The molecule has 0 saturated heterocycles. The lowest BCUT2D eigenvalue weighted by atomic mass is 10.3. The van der Waals surface area contributed by atoms with Crippen LogP contribution in [0.25, 0.3) is 0 Å². The number of aromatic nitrogens is 2. The average Bonchev–Trinajstić information content (AvgIpc) is 2.35. The van der Waals surface area contributed by atoms with Crippen LogP contribution in [0.2, 0.25) is 0 Å². The Morgan fingerprint density at radius 2 is 1.89 bits per heavy atom. The van der Waals surface area contributed by atoms with Crippen LogP contribution in [-0.4, -0.2) is 17.0 Å². The van der Waals surface area contributed by atoms with E-state index in [1.165, 1.54) is 0 Å². The molecule has 1 aromatic heterocycles. The average molecular weight is 254 g/mol. The molecule has 0 bridgehead atoms. The molecular weight excluding hydrogens is 245 g/mol. The molecule has 0 radical (unpaired) electrons. The third-order valence-corrected chi connectivity index (χ3v) is 2.15. The van der Waals surface area contributed by atoms with Crippen LogP contribution in [0, 0.1) is 17.5 Å². The largest absolute Gasteiger partial charge is 0.357 e. The minimum atomic E-state index is -0.834. The first-order valence-corrected chi connectivity index (χ1v) is 5.02. The molecule has 1 aromatic carbocycles. The van der Waals surface area contributed by atoms with Crippen molar-refractivity contribution >= 4 is 17.5 Å². The van der Waals surface area contributed by atoms with Gasteiger partial charge in [-0.1, -0.05) is 0 Å². The van der Waals surface area contributed by atoms with E-state index in [-0.39, 0.29) is 17.5 Å². The highest BCUT2D eigenvalue weighted by atomic mass is 19.1. The second-order valence-electron chi connectivity index (χ2n) is 3.39. The molecular formula is C11H9F3N4. The molecule has 0 aliphatic rings. The van der Waals surface area contributed by atoms with E-state index in [2.05, 4.69) is 20.6 Å². The summed E-state index contributed by atoms with van der Waals surface area (Å²) in [6.45, 7) is 0. The van der Waals surface area contributed by atoms with Gasteiger partial charge >= 0.3 is 0 Å². The number of nitrogens with one attached hydrogen (secondary N) is 2. The van der Waals surface area contributed by atoms with Crippen LogP contribution < -0.4 is 10.6 Å². The summed E-state index contributed by atoms with van der Waals surface area (Å²) in [4.78, 5) is 7.43. The van der Waals surface area contributed by atoms with Crippen LogP contribution in [0.5, 0.6) is 0 Å². The van der Waals surface area contributed by atoms with E-state index in [4.69, 9.17) is 0 Å². The normalized spacial score (nSPS) is 10.2. The van der Waals surface area contributed by atoms with Gasteiger partial charge in [-0.15, -0.1) is 0 Å². The molecule has 0 aliphatic heterocycles. The van der Waals surface area contributed by atoms with E-state index >= 15 is 0 Å². The highest BCUT2D eigenvalue weighted by molar-refractivity contribution is 5.58. The second kappa shape index (κ2) is 4.91. The summed E-state index contributed by atoms with van der Waals surface area (Å²) < 4.78 is 39.5. The van der Waals surface area contributed by atoms with Gasteiger partial charge in [-0.3, -0.25) is 0 Å². The van der Waals surface area contributed by atoms with Crippen LogP contribution in [0.1, 0.15) is 0 Å². The smallest absolute Gasteiger partial charge is 0.224 e. The quantitative estimate of drug-likeness (QED) is 0.884. The van der Waals surface area contributed by atoms with Gasteiger partial charge in [-0.05, 0) is 12.1 Å². The zero-order chi connectivity index (χ0) is 13.1. The van der Waals surface area contributed by atoms with Gasteiger partial charge in [0.1, 0.15) is 11.6 Å². The van der Waals surface area contributed by atoms with E-state index in [1.807, 2.05) is 0 Å². The van der Waals surface area contributed by atoms with Crippen molar-refractivity contribution in [1.82, 2.24) is 9.97 Å². The van der Waals surface area contributed by atoms with E-state index in [0.717, 1.165) is 18.3 Å². The number of anilines is 3. The summed E-state index contributed by atoms with van der Waals surface area (Å²) in [7, 11) is 1.56. The van der Waals surface area contributed by atoms with E-state index in [9.17, 15) is 13.2 Å². The first-order valence-electron chi connectivity index (χ1n) is 5.02. The van der Waals surface area contributed by atoms with E-state index < -0.39 is 17.5 Å². The van der Waals surface area contributed by atoms with Crippen LogP contribution in [0.3, 0.4) is 0 Å². The van der Waals surface area contributed by atoms with Gasteiger partial charge in [-0.2, -0.15) is 4.98 Å². The molecule has 0 atom stereocenters. The van der Waals surface area contributed by atoms with Gasteiger partial charge in [0.25, 0.3) is 0 Å². The monoisotopic (exact) mass is 254 g/mol. The Morgan fingerprint density at radius 3 is 2.56 bits per heavy atom. The predicted molar refractivity (Wildman–Crippen MR) is 61.2 cm³/mol. The molecule has 2 N–H and O–H groups in total. The minimum absolute atomic E-state index is 0.0731. The molecule has 0 fully saturated rings. The molecule has 2 aromatic rings. The molecule has 7 heteroatoms. The van der Waals surface area contributed by atoms with Crippen LogP contribution in [0.4, 0.5) is 30.6 Å². The number of hydrogen-bond acceptors (Lipinski definition) is 4. The lowest BCUT2D eigenvalue weighted by molar-refractivity contribution is 0.585. The van der Waals surface area contributed by atoms with Gasteiger partial charge in [-0.25, -0.2) is 18.2 Å². The molecule has 2 rings (SSSR count). The Morgan fingerprint density at radius 1 is 1.11 bits per heavy atom. The first-order chi connectivity index (χ1) is 8.60. The molecule has 0 saturated carbocycles. The first kappa shape index (κ1) is 12.2. The second-order valence-corrected chi connectivity index (χ2v) is 3.39. The summed E-state index contributed by atoms with van der Waals surface area (Å²) in [5.41, 5.74) is -0.0731. The van der Waals surface area contributed by atoms with Crippen molar-refractivity contribution in [3.63, 3.8) is 0 Å².